The molecule has 5 nitrogen and oxygen atoms in total. The smallest absolute Gasteiger partial charge is 0.219 e. The fourth-order valence-electron chi connectivity index (χ4n) is 3.42. The number of hydrogen-bond acceptors (Lipinski definition) is 5. The van der Waals surface area contributed by atoms with Crippen molar-refractivity contribution in [2.45, 2.75) is 23.4 Å². The second-order valence-electron chi connectivity index (χ2n) is 6.67. The summed E-state index contributed by atoms with van der Waals surface area (Å²) in [4.78, 5) is 17.1. The highest BCUT2D eigenvalue weighted by atomic mass is 32.2. The molecule has 2 N–H and O–H groups in total. The summed E-state index contributed by atoms with van der Waals surface area (Å²) in [6, 6.07) is 17.0. The van der Waals surface area contributed by atoms with E-state index >= 15 is 0 Å². The second kappa shape index (κ2) is 8.51. The van der Waals surface area contributed by atoms with Gasteiger partial charge in [-0.15, -0.1) is 11.8 Å². The predicted molar refractivity (Wildman–Crippen MR) is 115 cm³/mol. The maximum atomic E-state index is 11.6. The van der Waals surface area contributed by atoms with Gasteiger partial charge in [-0.05, 0) is 28.8 Å². The number of aliphatic hydroxyl groups is 1. The maximum absolute atomic E-state index is 11.6. The van der Waals surface area contributed by atoms with Crippen LogP contribution < -0.4 is 5.32 Å². The molecule has 1 aliphatic heterocycles. The lowest BCUT2D eigenvalue weighted by molar-refractivity contribution is -0.113. The third kappa shape index (κ3) is 4.04. The van der Waals surface area contributed by atoms with Gasteiger partial charge in [0.15, 0.2) is 5.76 Å². The third-order valence-corrected chi connectivity index (χ3v) is 6.03. The monoisotopic (exact) mass is 403 g/mol. The topological polar surface area (TPSA) is 67.1 Å². The summed E-state index contributed by atoms with van der Waals surface area (Å²) in [6.07, 6.45) is 5.89. The van der Waals surface area contributed by atoms with E-state index in [1.807, 2.05) is 22.5 Å². The van der Waals surface area contributed by atoms with Crippen molar-refractivity contribution in [3.05, 3.63) is 102 Å². The van der Waals surface area contributed by atoms with E-state index in [0.717, 1.165) is 11.8 Å². The summed E-state index contributed by atoms with van der Waals surface area (Å²) in [6.45, 7) is 3.86. The highest BCUT2D eigenvalue weighted by Gasteiger charge is 2.23. The highest BCUT2D eigenvalue weighted by molar-refractivity contribution is 7.98. The Hall–Kier alpha value is -3.09. The Morgan fingerprint density at radius 3 is 2.83 bits per heavy atom. The van der Waals surface area contributed by atoms with Gasteiger partial charge < -0.3 is 9.67 Å². The molecule has 1 unspecified atom stereocenters. The molecule has 0 fully saturated rings. The Kier molecular flexibility index (Phi) is 5.64. The average Bonchev–Trinajstić information content (AvgIpc) is 3.12. The van der Waals surface area contributed by atoms with Gasteiger partial charge in [0.25, 0.3) is 0 Å². The van der Waals surface area contributed by atoms with E-state index in [-0.39, 0.29) is 11.8 Å². The second-order valence-corrected chi connectivity index (χ2v) is 7.69. The number of nitrogens with one attached hydrogen (secondary N) is 1. The van der Waals surface area contributed by atoms with Crippen molar-refractivity contribution in [1.82, 2.24) is 14.9 Å². The molecular formula is C23H21N3O2S. The molecule has 0 amide bonds. The van der Waals surface area contributed by atoms with Crippen LogP contribution in [0, 0.1) is 0 Å². The number of hydrogen-bond donors (Lipinski definition) is 2. The van der Waals surface area contributed by atoms with Crippen molar-refractivity contribution in [1.29, 1.82) is 0 Å². The summed E-state index contributed by atoms with van der Waals surface area (Å²) in [5.74, 6) is 0.516. The summed E-state index contributed by atoms with van der Waals surface area (Å²) >= 11 is 1.85. The molecule has 1 atom stereocenters. The number of nitrogens with zero attached hydrogens (tertiary/aromatic N) is 2. The van der Waals surface area contributed by atoms with E-state index in [1.54, 1.807) is 6.20 Å². The Morgan fingerprint density at radius 1 is 1.24 bits per heavy atom. The lowest BCUT2D eigenvalue weighted by atomic mass is 9.95. The molecule has 0 saturated carbocycles. The maximum Gasteiger partial charge on any atom is 0.219 e. The fraction of sp³-hybridized carbons (Fsp3) is 0.130. The number of fused-ring (bicyclic) bond motifs is 2. The van der Waals surface area contributed by atoms with E-state index < -0.39 is 5.78 Å². The standard InChI is InChI=1S/C23H21N3O2S/c1-2-19(27)20(28)13-22-24-11-12-26(22)15-25-23-17-8-4-3-7-16(17)14-29-21-10-6-5-9-18(21)23/h2-13,23,25,28H,1,14-15H2/b20-13-. The van der Waals surface area contributed by atoms with Crippen molar-refractivity contribution in [3.63, 3.8) is 0 Å². The van der Waals surface area contributed by atoms with Crippen LogP contribution >= 0.6 is 11.8 Å². The van der Waals surface area contributed by atoms with Gasteiger partial charge in [0.1, 0.15) is 5.82 Å². The van der Waals surface area contributed by atoms with Crippen LogP contribution in [0.4, 0.5) is 0 Å². The molecule has 2 aromatic carbocycles. The number of thioether (sulfide) groups is 1. The number of aliphatic hydroxyl groups excluding tert-OH is 1. The minimum absolute atomic E-state index is 0.0278. The molecule has 0 saturated heterocycles. The molecule has 0 spiro atoms. The van der Waals surface area contributed by atoms with Crippen molar-refractivity contribution in [2.24, 2.45) is 0 Å². The molecule has 0 aliphatic carbocycles. The van der Waals surface area contributed by atoms with Crippen LogP contribution in [0.2, 0.25) is 0 Å². The quantitative estimate of drug-likeness (QED) is 0.469. The van der Waals surface area contributed by atoms with Crippen LogP contribution in [0.1, 0.15) is 28.6 Å². The van der Waals surface area contributed by atoms with Crippen LogP contribution in [-0.2, 0) is 17.2 Å². The fourth-order valence-corrected chi connectivity index (χ4v) is 4.52. The average molecular weight is 404 g/mol. The summed E-state index contributed by atoms with van der Waals surface area (Å²) < 4.78 is 1.86. The first-order chi connectivity index (χ1) is 14.2. The van der Waals surface area contributed by atoms with Gasteiger partial charge in [-0.2, -0.15) is 0 Å². The van der Waals surface area contributed by atoms with Crippen LogP contribution in [0.3, 0.4) is 0 Å². The predicted octanol–water partition coefficient (Wildman–Crippen LogP) is 4.48. The minimum Gasteiger partial charge on any atom is -0.504 e. The molecule has 146 valence electrons. The minimum atomic E-state index is -0.531. The molecule has 0 radical (unpaired) electrons. The number of benzene rings is 2. The Labute approximate surface area is 173 Å². The number of allylic oxidation sites excluding steroid dienone is 1. The van der Waals surface area contributed by atoms with Crippen LogP contribution in [0.15, 0.2) is 84.2 Å². The van der Waals surface area contributed by atoms with E-state index in [1.165, 1.54) is 27.7 Å². The number of imidazole rings is 1. The lowest BCUT2D eigenvalue weighted by Gasteiger charge is -2.22. The highest BCUT2D eigenvalue weighted by Crippen LogP contribution is 2.39. The molecule has 1 aromatic heterocycles. The number of aromatic nitrogens is 2. The molecule has 29 heavy (non-hydrogen) atoms. The zero-order valence-electron chi connectivity index (χ0n) is 15.8. The van der Waals surface area contributed by atoms with Gasteiger partial charge in [0.05, 0.1) is 12.7 Å². The van der Waals surface area contributed by atoms with Gasteiger partial charge in [0.2, 0.25) is 5.78 Å². The SMILES string of the molecule is C=CC(=O)/C(O)=C/c1nccn1CNC1c2ccccc2CSc2ccccc21. The molecule has 2 heterocycles. The number of carbonyl (C=O) groups is 1. The third-order valence-electron chi connectivity index (χ3n) is 4.90. The molecule has 0 bridgehead atoms. The van der Waals surface area contributed by atoms with Crippen molar-refractivity contribution >= 4 is 23.6 Å². The molecular weight excluding hydrogens is 382 g/mol. The Morgan fingerprint density at radius 2 is 2.00 bits per heavy atom. The van der Waals surface area contributed by atoms with Crippen LogP contribution in [0.5, 0.6) is 0 Å². The molecule has 4 rings (SSSR count). The largest absolute Gasteiger partial charge is 0.504 e. The number of carbonyl (C=O) groups excluding carboxylic acids is 1. The summed E-state index contributed by atoms with van der Waals surface area (Å²) in [7, 11) is 0. The van der Waals surface area contributed by atoms with Crippen LogP contribution in [-0.4, -0.2) is 20.4 Å². The zero-order chi connectivity index (χ0) is 20.2. The van der Waals surface area contributed by atoms with Crippen molar-refractivity contribution in [2.75, 3.05) is 0 Å². The first-order valence-electron chi connectivity index (χ1n) is 9.29. The van der Waals surface area contributed by atoms with Crippen LogP contribution in [0.25, 0.3) is 6.08 Å². The molecule has 3 aromatic rings. The first-order valence-corrected chi connectivity index (χ1v) is 10.3. The molecule has 1 aliphatic rings. The zero-order valence-corrected chi connectivity index (χ0v) is 16.6. The van der Waals surface area contributed by atoms with Gasteiger partial charge in [0, 0.05) is 29.1 Å². The van der Waals surface area contributed by atoms with E-state index in [9.17, 15) is 9.90 Å². The first kappa shape index (κ1) is 19.2. The number of rotatable bonds is 6. The Bertz CT molecular complexity index is 1040. The van der Waals surface area contributed by atoms with E-state index in [4.69, 9.17) is 0 Å². The number of ketones is 1. The summed E-state index contributed by atoms with van der Waals surface area (Å²) in [5.41, 5.74) is 3.81. The summed E-state index contributed by atoms with van der Waals surface area (Å²) in [5, 5.41) is 13.5. The van der Waals surface area contributed by atoms with E-state index in [0.29, 0.717) is 12.5 Å². The lowest BCUT2D eigenvalue weighted by Crippen LogP contribution is -2.26. The van der Waals surface area contributed by atoms with E-state index in [2.05, 4.69) is 65.4 Å². The van der Waals surface area contributed by atoms with Crippen molar-refractivity contribution < 1.29 is 9.90 Å². The van der Waals surface area contributed by atoms with Gasteiger partial charge in [-0.1, -0.05) is 49.0 Å². The van der Waals surface area contributed by atoms with Gasteiger partial charge in [-0.3, -0.25) is 10.1 Å². The normalized spacial score (nSPS) is 15.9. The van der Waals surface area contributed by atoms with Gasteiger partial charge >= 0.3 is 0 Å². The van der Waals surface area contributed by atoms with Gasteiger partial charge in [-0.25, -0.2) is 4.98 Å². The van der Waals surface area contributed by atoms with Crippen molar-refractivity contribution in [3.8, 4) is 0 Å². The Balaban J connectivity index is 1.64. The molecule has 6 heteroatoms.